The van der Waals surface area contributed by atoms with Gasteiger partial charge in [-0.1, -0.05) is 41.9 Å². The molecule has 2 heteroatoms. The van der Waals surface area contributed by atoms with E-state index in [1.165, 1.54) is 42.3 Å². The van der Waals surface area contributed by atoms with Gasteiger partial charge >= 0.3 is 0 Å². The molecule has 0 amide bonds. The normalized spacial score (nSPS) is 24.5. The minimum absolute atomic E-state index is 0.382. The Hall–Kier alpha value is -0.340. The number of rotatable bonds is 4. The summed E-state index contributed by atoms with van der Waals surface area (Å²) in [6.45, 7) is 5.89. The summed E-state index contributed by atoms with van der Waals surface area (Å²) in [4.78, 5) is 0. The highest BCUT2D eigenvalue weighted by Crippen LogP contribution is 2.32. The van der Waals surface area contributed by atoms with Gasteiger partial charge in [-0.25, -0.2) is 0 Å². The second kappa shape index (κ2) is 5.53. The maximum Gasteiger partial charge on any atom is 0.0208 e. The molecule has 0 aliphatic carbocycles. The van der Waals surface area contributed by atoms with Gasteiger partial charge in [-0.15, -0.1) is 0 Å². The van der Waals surface area contributed by atoms with E-state index in [2.05, 4.69) is 59.4 Å². The summed E-state index contributed by atoms with van der Waals surface area (Å²) in [5.41, 5.74) is 1.83. The fourth-order valence-corrected chi connectivity index (χ4v) is 3.11. The Morgan fingerprint density at radius 1 is 1.29 bits per heavy atom. The van der Waals surface area contributed by atoms with E-state index < -0.39 is 0 Å². The molecule has 0 saturated carbocycles. The Bertz CT molecular complexity index is 350. The lowest BCUT2D eigenvalue weighted by atomic mass is 9.80. The lowest BCUT2D eigenvalue weighted by Gasteiger charge is -2.34. The first-order valence-electron chi connectivity index (χ1n) is 6.62. The van der Waals surface area contributed by atoms with Crippen molar-refractivity contribution in [2.75, 3.05) is 6.54 Å². The molecule has 1 saturated heterocycles. The molecule has 1 aliphatic rings. The summed E-state index contributed by atoms with van der Waals surface area (Å²) in [5, 5.41) is 3.74. The van der Waals surface area contributed by atoms with E-state index in [4.69, 9.17) is 0 Å². The van der Waals surface area contributed by atoms with Crippen molar-refractivity contribution in [1.82, 2.24) is 5.32 Å². The first-order valence-corrected chi connectivity index (χ1v) is 7.41. The molecule has 1 atom stereocenters. The van der Waals surface area contributed by atoms with E-state index >= 15 is 0 Å². The molecule has 0 radical (unpaired) electrons. The van der Waals surface area contributed by atoms with Crippen molar-refractivity contribution in [1.29, 1.82) is 0 Å². The van der Waals surface area contributed by atoms with Crippen LogP contribution in [0.25, 0.3) is 0 Å². The Morgan fingerprint density at radius 2 is 2.00 bits per heavy atom. The van der Waals surface area contributed by atoms with E-state index in [1.807, 2.05) is 0 Å². The summed E-state index contributed by atoms with van der Waals surface area (Å²) in [6.07, 6.45) is 5.10. The van der Waals surface area contributed by atoms with Crippen molar-refractivity contribution >= 4 is 15.9 Å². The molecular formula is C15H22BrN. The lowest BCUT2D eigenvalue weighted by molar-refractivity contribution is 0.252. The Morgan fingerprint density at radius 3 is 2.53 bits per heavy atom. The van der Waals surface area contributed by atoms with Gasteiger partial charge in [0.15, 0.2) is 0 Å². The van der Waals surface area contributed by atoms with E-state index in [0.29, 0.717) is 5.54 Å². The molecule has 1 fully saturated rings. The van der Waals surface area contributed by atoms with Crippen molar-refractivity contribution < 1.29 is 0 Å². The van der Waals surface area contributed by atoms with Gasteiger partial charge in [0.05, 0.1) is 0 Å². The van der Waals surface area contributed by atoms with E-state index in [1.54, 1.807) is 0 Å². The van der Waals surface area contributed by atoms with Crippen LogP contribution in [0.3, 0.4) is 0 Å². The van der Waals surface area contributed by atoms with Crippen molar-refractivity contribution in [2.45, 2.75) is 45.1 Å². The summed E-state index contributed by atoms with van der Waals surface area (Å²) in [5.74, 6) is 0.723. The van der Waals surface area contributed by atoms with Gasteiger partial charge in [0.2, 0.25) is 0 Å². The third-order valence-electron chi connectivity index (χ3n) is 4.15. The van der Waals surface area contributed by atoms with Crippen molar-refractivity contribution in [3.05, 3.63) is 34.3 Å². The van der Waals surface area contributed by atoms with Crippen LogP contribution in [0.4, 0.5) is 0 Å². The molecule has 1 nitrogen and oxygen atoms in total. The Labute approximate surface area is 113 Å². The predicted octanol–water partition coefficient (Wildman–Crippen LogP) is 4.16. The fourth-order valence-electron chi connectivity index (χ4n) is 2.84. The molecule has 1 unspecified atom stereocenters. The van der Waals surface area contributed by atoms with Crippen LogP contribution >= 0.6 is 15.9 Å². The van der Waals surface area contributed by atoms with Crippen LogP contribution < -0.4 is 5.32 Å². The Balaban J connectivity index is 1.98. The molecule has 1 aromatic carbocycles. The molecule has 2 rings (SSSR count). The monoisotopic (exact) mass is 295 g/mol. The third-order valence-corrected chi connectivity index (χ3v) is 4.68. The minimum atomic E-state index is 0.382. The quantitative estimate of drug-likeness (QED) is 0.879. The van der Waals surface area contributed by atoms with Gasteiger partial charge in [0.25, 0.3) is 0 Å². The SMILES string of the molecule is CC(C)C1(CCc2ccc(Br)cc2)CCCN1. The number of aryl methyl sites for hydroxylation is 1. The van der Waals surface area contributed by atoms with Gasteiger partial charge < -0.3 is 5.32 Å². The van der Waals surface area contributed by atoms with Crippen LogP contribution in [-0.2, 0) is 6.42 Å². The second-order valence-electron chi connectivity index (χ2n) is 5.47. The van der Waals surface area contributed by atoms with Crippen LogP contribution in [0.1, 0.15) is 38.7 Å². The van der Waals surface area contributed by atoms with Crippen molar-refractivity contribution in [3.63, 3.8) is 0 Å². The van der Waals surface area contributed by atoms with Gasteiger partial charge in [-0.05, 0) is 55.8 Å². The summed E-state index contributed by atoms with van der Waals surface area (Å²) in [7, 11) is 0. The molecule has 94 valence electrons. The van der Waals surface area contributed by atoms with Crippen LogP contribution in [-0.4, -0.2) is 12.1 Å². The van der Waals surface area contributed by atoms with E-state index in [9.17, 15) is 0 Å². The van der Waals surface area contributed by atoms with Gasteiger partial charge in [0.1, 0.15) is 0 Å². The predicted molar refractivity (Wildman–Crippen MR) is 77.3 cm³/mol. The highest BCUT2D eigenvalue weighted by Gasteiger charge is 2.35. The second-order valence-corrected chi connectivity index (χ2v) is 6.38. The average molecular weight is 296 g/mol. The fraction of sp³-hybridized carbons (Fsp3) is 0.600. The largest absolute Gasteiger partial charge is 0.311 e. The van der Waals surface area contributed by atoms with Crippen LogP contribution in [0.15, 0.2) is 28.7 Å². The summed E-state index contributed by atoms with van der Waals surface area (Å²) < 4.78 is 1.17. The minimum Gasteiger partial charge on any atom is -0.311 e. The van der Waals surface area contributed by atoms with Crippen LogP contribution in [0.5, 0.6) is 0 Å². The summed E-state index contributed by atoms with van der Waals surface area (Å²) in [6, 6.07) is 8.74. The molecule has 0 bridgehead atoms. The number of halogens is 1. The highest BCUT2D eigenvalue weighted by molar-refractivity contribution is 9.10. The Kier molecular flexibility index (Phi) is 4.26. The van der Waals surface area contributed by atoms with E-state index in [0.717, 1.165) is 5.92 Å². The molecule has 1 aromatic rings. The molecule has 1 N–H and O–H groups in total. The number of hydrogen-bond donors (Lipinski definition) is 1. The highest BCUT2D eigenvalue weighted by atomic mass is 79.9. The average Bonchev–Trinajstić information content (AvgIpc) is 2.78. The van der Waals surface area contributed by atoms with Crippen molar-refractivity contribution in [3.8, 4) is 0 Å². The van der Waals surface area contributed by atoms with Gasteiger partial charge in [-0.2, -0.15) is 0 Å². The third kappa shape index (κ3) is 3.11. The summed E-state index contributed by atoms with van der Waals surface area (Å²) >= 11 is 3.48. The molecular weight excluding hydrogens is 274 g/mol. The standard InChI is InChI=1S/C15H22BrN/c1-12(2)15(9-3-11-17-15)10-8-13-4-6-14(16)7-5-13/h4-7,12,17H,3,8-11H2,1-2H3. The number of benzene rings is 1. The number of hydrogen-bond acceptors (Lipinski definition) is 1. The van der Waals surface area contributed by atoms with E-state index in [-0.39, 0.29) is 0 Å². The topological polar surface area (TPSA) is 12.0 Å². The zero-order chi connectivity index (χ0) is 12.3. The van der Waals surface area contributed by atoms with Crippen molar-refractivity contribution in [2.24, 2.45) is 5.92 Å². The first-order chi connectivity index (χ1) is 8.12. The number of nitrogens with one attached hydrogen (secondary N) is 1. The molecule has 1 aliphatic heterocycles. The molecule has 1 heterocycles. The zero-order valence-corrected chi connectivity index (χ0v) is 12.4. The molecule has 0 spiro atoms. The maximum atomic E-state index is 3.74. The van der Waals surface area contributed by atoms with Gasteiger partial charge in [0, 0.05) is 10.0 Å². The van der Waals surface area contributed by atoms with Gasteiger partial charge in [-0.3, -0.25) is 0 Å². The molecule has 17 heavy (non-hydrogen) atoms. The molecule has 0 aromatic heterocycles. The maximum absolute atomic E-state index is 3.74. The lowest BCUT2D eigenvalue weighted by Crippen LogP contribution is -2.45. The first kappa shape index (κ1) is 13.1. The van der Waals surface area contributed by atoms with Crippen LogP contribution in [0.2, 0.25) is 0 Å². The smallest absolute Gasteiger partial charge is 0.0208 e. The van der Waals surface area contributed by atoms with Crippen LogP contribution in [0, 0.1) is 5.92 Å². The zero-order valence-electron chi connectivity index (χ0n) is 10.8.